The third-order valence-electron chi connectivity index (χ3n) is 4.72. The van der Waals surface area contributed by atoms with Gasteiger partial charge in [0.05, 0.1) is 10.5 Å². The number of ether oxygens (including phenoxy) is 2. The van der Waals surface area contributed by atoms with E-state index in [1.165, 1.54) is 18.2 Å². The highest BCUT2D eigenvalue weighted by Crippen LogP contribution is 2.47. The molecule has 1 aliphatic carbocycles. The lowest BCUT2D eigenvalue weighted by Gasteiger charge is -2.21. The van der Waals surface area contributed by atoms with Crippen molar-refractivity contribution in [1.82, 2.24) is 0 Å². The predicted molar refractivity (Wildman–Crippen MR) is 99.7 cm³/mol. The number of para-hydroxylation sites is 1. The fraction of sp³-hybridized carbons (Fsp3) is 0.250. The fourth-order valence-corrected chi connectivity index (χ4v) is 3.43. The number of rotatable bonds is 4. The first-order valence-electron chi connectivity index (χ1n) is 8.79. The minimum absolute atomic E-state index is 0.0495. The molecule has 1 saturated carbocycles. The quantitative estimate of drug-likeness (QED) is 0.495. The largest absolute Gasteiger partial charge is 0.448 e. The Kier molecular flexibility index (Phi) is 4.27. The molecule has 4 rings (SSSR count). The zero-order chi connectivity index (χ0) is 18.9. The van der Waals surface area contributed by atoms with Crippen molar-refractivity contribution in [2.45, 2.75) is 31.5 Å². The van der Waals surface area contributed by atoms with Crippen LogP contribution >= 0.6 is 0 Å². The summed E-state index contributed by atoms with van der Waals surface area (Å²) in [4.78, 5) is 22.7. The van der Waals surface area contributed by atoms with Crippen molar-refractivity contribution in [3.05, 3.63) is 64.2 Å². The molecule has 1 heterocycles. The summed E-state index contributed by atoms with van der Waals surface area (Å²) >= 11 is 0. The van der Waals surface area contributed by atoms with Crippen LogP contribution in [-0.4, -0.2) is 16.6 Å². The van der Waals surface area contributed by atoms with Gasteiger partial charge in [-0.15, -0.1) is 0 Å². The normalized spacial score (nSPS) is 16.7. The second kappa shape index (κ2) is 6.75. The Morgan fingerprint density at radius 2 is 1.85 bits per heavy atom. The highest BCUT2D eigenvalue weighted by Gasteiger charge is 2.44. The molecule has 1 spiro atoms. The van der Waals surface area contributed by atoms with E-state index in [1.54, 1.807) is 36.4 Å². The van der Waals surface area contributed by atoms with Gasteiger partial charge in [0.15, 0.2) is 11.5 Å². The van der Waals surface area contributed by atoms with E-state index in [0.29, 0.717) is 22.7 Å². The van der Waals surface area contributed by atoms with Gasteiger partial charge in [0.1, 0.15) is 0 Å². The molecule has 0 aromatic heterocycles. The van der Waals surface area contributed by atoms with Crippen LogP contribution in [0.15, 0.2) is 48.5 Å². The molecule has 0 radical (unpaired) electrons. The number of nitrogens with one attached hydrogen (secondary N) is 1. The molecule has 2 aliphatic rings. The van der Waals surface area contributed by atoms with Crippen LogP contribution in [0.25, 0.3) is 6.08 Å². The summed E-state index contributed by atoms with van der Waals surface area (Å²) in [5.41, 5.74) is 0.891. The standard InChI is InChI=1S/C20H18N2O5/c23-19(10-7-14-5-1-2-6-16(14)22(24)25)21-15-8-9-17-18(13-15)27-20(26-17)11-3-4-12-20/h1-2,5-10,13H,3-4,11-12H2,(H,21,23)/b10-7+. The third-order valence-corrected chi connectivity index (χ3v) is 4.72. The number of carbonyl (C=O) groups excluding carboxylic acids is 1. The van der Waals surface area contributed by atoms with Gasteiger partial charge in [-0.3, -0.25) is 14.9 Å². The maximum absolute atomic E-state index is 12.2. The molecule has 27 heavy (non-hydrogen) atoms. The molecule has 2 aromatic carbocycles. The number of hydrogen-bond acceptors (Lipinski definition) is 5. The zero-order valence-corrected chi connectivity index (χ0v) is 14.5. The number of amides is 1. The van der Waals surface area contributed by atoms with Crippen LogP contribution in [0, 0.1) is 10.1 Å². The lowest BCUT2D eigenvalue weighted by molar-refractivity contribution is -0.385. The Hall–Kier alpha value is -3.35. The molecule has 1 amide bonds. The van der Waals surface area contributed by atoms with E-state index in [2.05, 4.69) is 5.32 Å². The molecule has 138 valence electrons. The average molecular weight is 366 g/mol. The molecule has 1 N–H and O–H groups in total. The van der Waals surface area contributed by atoms with E-state index in [9.17, 15) is 14.9 Å². The molecule has 7 heteroatoms. The number of hydrogen-bond donors (Lipinski definition) is 1. The summed E-state index contributed by atoms with van der Waals surface area (Å²) in [6, 6.07) is 11.5. The average Bonchev–Trinajstić information content (AvgIpc) is 3.25. The van der Waals surface area contributed by atoms with Crippen molar-refractivity contribution in [2.75, 3.05) is 5.32 Å². The van der Waals surface area contributed by atoms with Crippen LogP contribution in [-0.2, 0) is 4.79 Å². The van der Waals surface area contributed by atoms with Gasteiger partial charge in [0, 0.05) is 36.7 Å². The van der Waals surface area contributed by atoms with Crippen molar-refractivity contribution < 1.29 is 19.2 Å². The summed E-state index contributed by atoms with van der Waals surface area (Å²) in [5.74, 6) is 0.377. The first kappa shape index (κ1) is 17.1. The van der Waals surface area contributed by atoms with Gasteiger partial charge < -0.3 is 14.8 Å². The van der Waals surface area contributed by atoms with E-state index >= 15 is 0 Å². The molecule has 0 atom stereocenters. The van der Waals surface area contributed by atoms with E-state index in [4.69, 9.17) is 9.47 Å². The van der Waals surface area contributed by atoms with Gasteiger partial charge >= 0.3 is 0 Å². The Labute approximate surface area is 155 Å². The summed E-state index contributed by atoms with van der Waals surface area (Å²) in [6.07, 6.45) is 6.57. The van der Waals surface area contributed by atoms with Crippen LogP contribution in [0.2, 0.25) is 0 Å². The van der Waals surface area contributed by atoms with Crippen LogP contribution in [0.5, 0.6) is 11.5 Å². The first-order valence-corrected chi connectivity index (χ1v) is 8.79. The maximum Gasteiger partial charge on any atom is 0.276 e. The SMILES string of the molecule is O=C(/C=C/c1ccccc1[N+](=O)[O-])Nc1ccc2c(c1)OC1(CCCC1)O2. The van der Waals surface area contributed by atoms with Gasteiger partial charge in [0.25, 0.3) is 11.5 Å². The summed E-state index contributed by atoms with van der Waals surface area (Å²) in [7, 11) is 0. The van der Waals surface area contributed by atoms with E-state index in [-0.39, 0.29) is 11.6 Å². The molecule has 0 unspecified atom stereocenters. The second-order valence-corrected chi connectivity index (χ2v) is 6.62. The van der Waals surface area contributed by atoms with Gasteiger partial charge in [-0.1, -0.05) is 12.1 Å². The molecule has 2 aromatic rings. The Bertz CT molecular complexity index is 932. The Morgan fingerprint density at radius 1 is 1.11 bits per heavy atom. The van der Waals surface area contributed by atoms with Crippen molar-refractivity contribution in [3.8, 4) is 11.5 Å². The molecule has 1 aliphatic heterocycles. The number of carbonyl (C=O) groups is 1. The van der Waals surface area contributed by atoms with Crippen molar-refractivity contribution in [3.63, 3.8) is 0 Å². The van der Waals surface area contributed by atoms with Gasteiger partial charge in [-0.2, -0.15) is 0 Å². The van der Waals surface area contributed by atoms with E-state index in [0.717, 1.165) is 25.7 Å². The molecular formula is C20H18N2O5. The molecular weight excluding hydrogens is 348 g/mol. The van der Waals surface area contributed by atoms with E-state index in [1.807, 2.05) is 0 Å². The summed E-state index contributed by atoms with van der Waals surface area (Å²) in [6.45, 7) is 0. The van der Waals surface area contributed by atoms with Crippen LogP contribution in [0.3, 0.4) is 0 Å². The highest BCUT2D eigenvalue weighted by molar-refractivity contribution is 6.02. The van der Waals surface area contributed by atoms with Gasteiger partial charge in [0.2, 0.25) is 5.91 Å². The number of nitrogens with zero attached hydrogens (tertiary/aromatic N) is 1. The van der Waals surface area contributed by atoms with Gasteiger partial charge in [-0.05, 0) is 37.1 Å². The fourth-order valence-electron chi connectivity index (χ4n) is 3.43. The number of nitro groups is 1. The minimum atomic E-state index is -0.545. The van der Waals surface area contributed by atoms with Crippen LogP contribution in [0.4, 0.5) is 11.4 Å². The maximum atomic E-state index is 12.2. The Balaban J connectivity index is 1.45. The number of benzene rings is 2. The summed E-state index contributed by atoms with van der Waals surface area (Å²) < 4.78 is 11.9. The van der Waals surface area contributed by atoms with Gasteiger partial charge in [-0.25, -0.2) is 0 Å². The number of nitro benzene ring substituents is 1. The topological polar surface area (TPSA) is 90.7 Å². The Morgan fingerprint density at radius 3 is 2.63 bits per heavy atom. The van der Waals surface area contributed by atoms with E-state index < -0.39 is 10.7 Å². The third kappa shape index (κ3) is 3.48. The van der Waals surface area contributed by atoms with Crippen molar-refractivity contribution >= 4 is 23.4 Å². The molecule has 7 nitrogen and oxygen atoms in total. The van der Waals surface area contributed by atoms with Crippen LogP contribution in [0.1, 0.15) is 31.2 Å². The second-order valence-electron chi connectivity index (χ2n) is 6.62. The summed E-state index contributed by atoms with van der Waals surface area (Å²) in [5, 5.41) is 13.8. The number of fused-ring (bicyclic) bond motifs is 1. The number of anilines is 1. The predicted octanol–water partition coefficient (Wildman–Crippen LogP) is 4.29. The molecule has 0 saturated heterocycles. The first-order chi connectivity index (χ1) is 13.0. The lowest BCUT2D eigenvalue weighted by atomic mass is 10.1. The highest BCUT2D eigenvalue weighted by atomic mass is 16.7. The zero-order valence-electron chi connectivity index (χ0n) is 14.5. The molecule has 0 bridgehead atoms. The van der Waals surface area contributed by atoms with Crippen molar-refractivity contribution in [2.24, 2.45) is 0 Å². The van der Waals surface area contributed by atoms with Crippen molar-refractivity contribution in [1.29, 1.82) is 0 Å². The minimum Gasteiger partial charge on any atom is -0.448 e. The lowest BCUT2D eigenvalue weighted by Crippen LogP contribution is -2.34. The smallest absolute Gasteiger partial charge is 0.276 e. The monoisotopic (exact) mass is 366 g/mol. The van der Waals surface area contributed by atoms with Crippen LogP contribution < -0.4 is 14.8 Å². The molecule has 1 fully saturated rings.